The van der Waals surface area contributed by atoms with Gasteiger partial charge < -0.3 is 4.57 Å². The third-order valence-corrected chi connectivity index (χ3v) is 5.63. The molecule has 132 valence electrons. The summed E-state index contributed by atoms with van der Waals surface area (Å²) < 4.78 is 2.36. The van der Waals surface area contributed by atoms with E-state index >= 15 is 0 Å². The van der Waals surface area contributed by atoms with E-state index in [0.717, 1.165) is 28.0 Å². The average molecular weight is 364 g/mol. The van der Waals surface area contributed by atoms with E-state index in [0.29, 0.717) is 17.8 Å². The Morgan fingerprint density at radius 1 is 1.12 bits per heavy atom. The van der Waals surface area contributed by atoms with E-state index in [4.69, 9.17) is 4.98 Å². The predicted octanol–water partition coefficient (Wildman–Crippen LogP) is 4.06. The molecule has 0 atom stereocenters. The van der Waals surface area contributed by atoms with Crippen LogP contribution >= 0.6 is 11.8 Å². The van der Waals surface area contributed by atoms with E-state index in [1.54, 1.807) is 18.0 Å². The molecule has 0 aliphatic heterocycles. The van der Waals surface area contributed by atoms with Crippen molar-refractivity contribution in [1.29, 1.82) is 0 Å². The van der Waals surface area contributed by atoms with E-state index in [1.807, 2.05) is 18.2 Å². The standard InChI is InChI=1S/C19H20N6S/c1-2-13-11-16(22-17(21-13)15-5-3-4-10-20-15)26-19-24-23-18(12-6-7-12)25(19)14-8-9-14/h3-5,10-12,14H,2,6-9H2,1H3. The summed E-state index contributed by atoms with van der Waals surface area (Å²) in [6, 6.07) is 8.44. The molecular weight excluding hydrogens is 344 g/mol. The Hall–Kier alpha value is -2.28. The lowest BCUT2D eigenvalue weighted by molar-refractivity contribution is 0.626. The first-order valence-corrected chi connectivity index (χ1v) is 10.1. The molecular formula is C19H20N6S. The Morgan fingerprint density at radius 2 is 2.00 bits per heavy atom. The van der Waals surface area contributed by atoms with Crippen molar-refractivity contribution >= 4 is 11.8 Å². The second-order valence-corrected chi connectivity index (χ2v) is 7.90. The summed E-state index contributed by atoms with van der Waals surface area (Å²) in [6.45, 7) is 2.11. The van der Waals surface area contributed by atoms with Gasteiger partial charge in [-0.05, 0) is 62.1 Å². The highest BCUT2D eigenvalue weighted by Gasteiger charge is 2.36. The van der Waals surface area contributed by atoms with Crippen molar-refractivity contribution in [3.63, 3.8) is 0 Å². The van der Waals surface area contributed by atoms with E-state index in [1.165, 1.54) is 31.5 Å². The van der Waals surface area contributed by atoms with Gasteiger partial charge in [0.1, 0.15) is 16.5 Å². The highest BCUT2D eigenvalue weighted by Crippen LogP contribution is 2.46. The summed E-state index contributed by atoms with van der Waals surface area (Å²) in [4.78, 5) is 13.8. The maximum Gasteiger partial charge on any atom is 0.197 e. The summed E-state index contributed by atoms with van der Waals surface area (Å²) >= 11 is 1.60. The van der Waals surface area contributed by atoms with Crippen molar-refractivity contribution in [1.82, 2.24) is 29.7 Å². The molecule has 26 heavy (non-hydrogen) atoms. The number of aromatic nitrogens is 6. The van der Waals surface area contributed by atoms with E-state index in [9.17, 15) is 0 Å². The Labute approximate surface area is 156 Å². The molecule has 0 amide bonds. The number of pyridine rings is 1. The van der Waals surface area contributed by atoms with Gasteiger partial charge >= 0.3 is 0 Å². The van der Waals surface area contributed by atoms with Crippen molar-refractivity contribution in [2.75, 3.05) is 0 Å². The first-order valence-electron chi connectivity index (χ1n) is 9.24. The lowest BCUT2D eigenvalue weighted by Crippen LogP contribution is -2.03. The SMILES string of the molecule is CCc1cc(Sc2nnc(C3CC3)n2C2CC2)nc(-c2ccccn2)n1. The van der Waals surface area contributed by atoms with Gasteiger partial charge in [-0.2, -0.15) is 0 Å². The van der Waals surface area contributed by atoms with Gasteiger partial charge in [0, 0.05) is 23.9 Å². The quantitative estimate of drug-likeness (QED) is 0.615. The van der Waals surface area contributed by atoms with Crippen molar-refractivity contribution in [2.24, 2.45) is 0 Å². The maximum atomic E-state index is 4.75. The van der Waals surface area contributed by atoms with Crippen LogP contribution in [0.4, 0.5) is 0 Å². The lowest BCUT2D eigenvalue weighted by Gasteiger charge is -2.09. The summed E-state index contributed by atoms with van der Waals surface area (Å²) in [5.41, 5.74) is 1.81. The minimum Gasteiger partial charge on any atom is -0.302 e. The Balaban J connectivity index is 1.51. The minimum atomic E-state index is 0.575. The fraction of sp³-hybridized carbons (Fsp3) is 0.421. The third kappa shape index (κ3) is 3.11. The van der Waals surface area contributed by atoms with Crippen LogP contribution < -0.4 is 0 Å². The topological polar surface area (TPSA) is 69.4 Å². The monoisotopic (exact) mass is 364 g/mol. The van der Waals surface area contributed by atoms with E-state index in [-0.39, 0.29) is 0 Å². The Morgan fingerprint density at radius 3 is 2.69 bits per heavy atom. The molecule has 5 rings (SSSR count). The molecule has 3 aromatic heterocycles. The first kappa shape index (κ1) is 15.9. The molecule has 0 bridgehead atoms. The molecule has 2 saturated carbocycles. The van der Waals surface area contributed by atoms with Gasteiger partial charge in [-0.25, -0.2) is 9.97 Å². The highest BCUT2D eigenvalue weighted by atomic mass is 32.2. The van der Waals surface area contributed by atoms with Crippen LogP contribution in [-0.4, -0.2) is 29.7 Å². The molecule has 0 N–H and O–H groups in total. The summed E-state index contributed by atoms with van der Waals surface area (Å²) in [7, 11) is 0. The molecule has 0 saturated heterocycles. The van der Waals surface area contributed by atoms with Gasteiger partial charge in [0.2, 0.25) is 0 Å². The van der Waals surface area contributed by atoms with E-state index in [2.05, 4.69) is 37.7 Å². The number of hydrogen-bond acceptors (Lipinski definition) is 6. The lowest BCUT2D eigenvalue weighted by atomic mass is 10.3. The molecule has 7 heteroatoms. The zero-order valence-corrected chi connectivity index (χ0v) is 15.5. The van der Waals surface area contributed by atoms with Crippen LogP contribution in [0.5, 0.6) is 0 Å². The number of nitrogens with zero attached hydrogens (tertiary/aromatic N) is 6. The van der Waals surface area contributed by atoms with Gasteiger partial charge in [-0.15, -0.1) is 10.2 Å². The molecule has 6 nitrogen and oxygen atoms in total. The van der Waals surface area contributed by atoms with Crippen LogP contribution in [0.25, 0.3) is 11.5 Å². The fourth-order valence-electron chi connectivity index (χ4n) is 3.06. The molecule has 3 heterocycles. The van der Waals surface area contributed by atoms with Gasteiger partial charge in [0.25, 0.3) is 0 Å². The van der Waals surface area contributed by atoms with Gasteiger partial charge in [0.05, 0.1) is 0 Å². The van der Waals surface area contributed by atoms with Crippen molar-refractivity contribution < 1.29 is 0 Å². The zero-order chi connectivity index (χ0) is 17.5. The average Bonchev–Trinajstić information content (AvgIpc) is 3.61. The van der Waals surface area contributed by atoms with Crippen LogP contribution in [0.15, 0.2) is 40.6 Å². The van der Waals surface area contributed by atoms with Gasteiger partial charge in [0.15, 0.2) is 11.0 Å². The predicted molar refractivity (Wildman–Crippen MR) is 99.0 cm³/mol. The second kappa shape index (κ2) is 6.46. The molecule has 2 aliphatic rings. The van der Waals surface area contributed by atoms with E-state index < -0.39 is 0 Å². The fourth-order valence-corrected chi connectivity index (χ4v) is 4.00. The number of aryl methyl sites for hydroxylation is 1. The summed E-state index contributed by atoms with van der Waals surface area (Å²) in [5.74, 6) is 2.45. The largest absolute Gasteiger partial charge is 0.302 e. The maximum absolute atomic E-state index is 4.75. The number of hydrogen-bond donors (Lipinski definition) is 0. The molecule has 0 aromatic carbocycles. The molecule has 0 spiro atoms. The number of rotatable bonds is 6. The van der Waals surface area contributed by atoms with Crippen molar-refractivity contribution in [2.45, 2.75) is 61.2 Å². The first-order chi connectivity index (χ1) is 12.8. The molecule has 0 radical (unpaired) electrons. The molecule has 0 unspecified atom stereocenters. The van der Waals surface area contributed by atoms with Crippen LogP contribution in [0.2, 0.25) is 0 Å². The van der Waals surface area contributed by atoms with Crippen LogP contribution in [0.1, 0.15) is 56.1 Å². The summed E-state index contributed by atoms with van der Waals surface area (Å²) in [6.07, 6.45) is 7.58. The molecule has 2 fully saturated rings. The van der Waals surface area contributed by atoms with Crippen LogP contribution in [-0.2, 0) is 6.42 Å². The van der Waals surface area contributed by atoms with Crippen molar-refractivity contribution in [3.8, 4) is 11.5 Å². The van der Waals surface area contributed by atoms with Crippen LogP contribution in [0, 0.1) is 0 Å². The second-order valence-electron chi connectivity index (χ2n) is 6.91. The van der Waals surface area contributed by atoms with Gasteiger partial charge in [-0.3, -0.25) is 4.98 Å². The Kier molecular flexibility index (Phi) is 3.96. The smallest absolute Gasteiger partial charge is 0.197 e. The van der Waals surface area contributed by atoms with Crippen LogP contribution in [0.3, 0.4) is 0 Å². The third-order valence-electron chi connectivity index (χ3n) is 4.75. The minimum absolute atomic E-state index is 0.575. The summed E-state index contributed by atoms with van der Waals surface area (Å²) in [5, 5.41) is 10.9. The normalized spacial score (nSPS) is 16.8. The Bertz CT molecular complexity index is 930. The zero-order valence-electron chi connectivity index (χ0n) is 14.7. The van der Waals surface area contributed by atoms with Crippen molar-refractivity contribution in [3.05, 3.63) is 42.0 Å². The van der Waals surface area contributed by atoms with Gasteiger partial charge in [-0.1, -0.05) is 13.0 Å². The molecule has 3 aromatic rings. The highest BCUT2D eigenvalue weighted by molar-refractivity contribution is 7.99. The molecule has 2 aliphatic carbocycles.